The Morgan fingerprint density at radius 3 is 3.14 bits per heavy atom. The van der Waals surface area contributed by atoms with Gasteiger partial charge in [-0.3, -0.25) is 4.79 Å². The van der Waals surface area contributed by atoms with Crippen LogP contribution in [-0.4, -0.2) is 62.3 Å². The van der Waals surface area contributed by atoms with Crippen LogP contribution in [0.3, 0.4) is 0 Å². The lowest BCUT2D eigenvalue weighted by Gasteiger charge is -2.12. The van der Waals surface area contributed by atoms with Gasteiger partial charge in [0.05, 0.1) is 13.2 Å². The van der Waals surface area contributed by atoms with E-state index < -0.39 is 0 Å². The van der Waals surface area contributed by atoms with Crippen molar-refractivity contribution in [1.29, 1.82) is 0 Å². The molecular formula is C15H23N3O3. The second-order valence-electron chi connectivity index (χ2n) is 5.40. The maximum absolute atomic E-state index is 12.0. The minimum Gasteiger partial charge on any atom is -0.472 e. The second kappa shape index (κ2) is 7.95. The van der Waals surface area contributed by atoms with Crippen LogP contribution < -0.4 is 10.1 Å². The number of ether oxygens (including phenoxy) is 2. The molecule has 1 aromatic rings. The Kier molecular flexibility index (Phi) is 5.95. The van der Waals surface area contributed by atoms with E-state index in [2.05, 4.69) is 15.2 Å². The number of nitrogens with zero attached hydrogens (tertiary/aromatic N) is 2. The summed E-state index contributed by atoms with van der Waals surface area (Å²) in [6.45, 7) is 2.91. The molecule has 0 saturated carbocycles. The number of carbonyl (C=O) groups excluding carboxylic acids is 1. The zero-order valence-electron chi connectivity index (χ0n) is 12.7. The third-order valence-electron chi connectivity index (χ3n) is 3.24. The fraction of sp³-hybridized carbons (Fsp3) is 0.600. The summed E-state index contributed by atoms with van der Waals surface area (Å²) in [6, 6.07) is 3.37. The number of pyridine rings is 1. The monoisotopic (exact) mass is 293 g/mol. The topological polar surface area (TPSA) is 63.7 Å². The van der Waals surface area contributed by atoms with Crippen molar-refractivity contribution in [3.63, 3.8) is 0 Å². The van der Waals surface area contributed by atoms with Gasteiger partial charge in [0.15, 0.2) is 0 Å². The molecular weight excluding hydrogens is 270 g/mol. The molecule has 1 aromatic heterocycles. The van der Waals surface area contributed by atoms with Crippen molar-refractivity contribution in [3.05, 3.63) is 23.9 Å². The van der Waals surface area contributed by atoms with Gasteiger partial charge >= 0.3 is 0 Å². The van der Waals surface area contributed by atoms with Crippen LogP contribution in [0.4, 0.5) is 0 Å². The lowest BCUT2D eigenvalue weighted by molar-refractivity contribution is 0.0950. The summed E-state index contributed by atoms with van der Waals surface area (Å²) in [7, 11) is 4.03. The fourth-order valence-corrected chi connectivity index (χ4v) is 2.09. The number of aromatic nitrogens is 1. The van der Waals surface area contributed by atoms with Crippen LogP contribution >= 0.6 is 0 Å². The van der Waals surface area contributed by atoms with Crippen molar-refractivity contribution in [1.82, 2.24) is 15.2 Å². The van der Waals surface area contributed by atoms with Gasteiger partial charge < -0.3 is 19.7 Å². The molecule has 0 aromatic carbocycles. The van der Waals surface area contributed by atoms with E-state index in [1.165, 1.54) is 0 Å². The molecule has 1 fully saturated rings. The average molecular weight is 293 g/mol. The molecule has 6 heteroatoms. The normalized spacial score (nSPS) is 18.0. The molecule has 2 heterocycles. The van der Waals surface area contributed by atoms with Gasteiger partial charge in [0.2, 0.25) is 5.88 Å². The Hall–Kier alpha value is -1.66. The largest absolute Gasteiger partial charge is 0.472 e. The van der Waals surface area contributed by atoms with Crippen molar-refractivity contribution in [2.45, 2.75) is 18.9 Å². The van der Waals surface area contributed by atoms with Crippen LogP contribution in [0, 0.1) is 0 Å². The molecule has 0 radical (unpaired) electrons. The predicted octanol–water partition coefficient (Wildman–Crippen LogP) is 0.931. The Morgan fingerprint density at radius 1 is 1.57 bits per heavy atom. The molecule has 1 aliphatic rings. The van der Waals surface area contributed by atoms with E-state index in [0.717, 1.165) is 26.0 Å². The number of rotatable bonds is 7. The molecule has 6 nitrogen and oxygen atoms in total. The molecule has 1 aliphatic heterocycles. The maximum atomic E-state index is 12.0. The number of hydrogen-bond acceptors (Lipinski definition) is 5. The number of amides is 1. The van der Waals surface area contributed by atoms with E-state index in [1.54, 1.807) is 18.3 Å². The quantitative estimate of drug-likeness (QED) is 0.758. The van der Waals surface area contributed by atoms with Crippen LogP contribution in [0.2, 0.25) is 0 Å². The minimum atomic E-state index is -0.0938. The Labute approximate surface area is 125 Å². The van der Waals surface area contributed by atoms with Gasteiger partial charge in [-0.2, -0.15) is 0 Å². The van der Waals surface area contributed by atoms with Crippen LogP contribution in [0.25, 0.3) is 0 Å². The van der Waals surface area contributed by atoms with Crippen molar-refractivity contribution in [2.75, 3.05) is 40.4 Å². The number of hydrogen-bond donors (Lipinski definition) is 1. The molecule has 0 spiro atoms. The van der Waals surface area contributed by atoms with Gasteiger partial charge in [-0.15, -0.1) is 0 Å². The highest BCUT2D eigenvalue weighted by Gasteiger charge is 2.18. The van der Waals surface area contributed by atoms with Gasteiger partial charge in [0, 0.05) is 30.8 Å². The van der Waals surface area contributed by atoms with Crippen molar-refractivity contribution in [2.24, 2.45) is 0 Å². The van der Waals surface area contributed by atoms with Gasteiger partial charge in [0.1, 0.15) is 6.10 Å². The van der Waals surface area contributed by atoms with E-state index in [1.807, 2.05) is 14.1 Å². The first-order valence-electron chi connectivity index (χ1n) is 7.28. The molecule has 1 N–H and O–H groups in total. The SMILES string of the molecule is CN(C)CCCNC(=O)c1ccnc(O[C@@H]2CCOC2)c1. The van der Waals surface area contributed by atoms with E-state index in [4.69, 9.17) is 9.47 Å². The summed E-state index contributed by atoms with van der Waals surface area (Å²) in [5, 5.41) is 2.90. The zero-order valence-corrected chi connectivity index (χ0v) is 12.7. The lowest BCUT2D eigenvalue weighted by atomic mass is 10.2. The summed E-state index contributed by atoms with van der Waals surface area (Å²) in [5.41, 5.74) is 0.573. The third-order valence-corrected chi connectivity index (χ3v) is 3.24. The molecule has 1 amide bonds. The first kappa shape index (κ1) is 15.7. The number of carbonyl (C=O) groups is 1. The molecule has 21 heavy (non-hydrogen) atoms. The van der Waals surface area contributed by atoms with E-state index in [0.29, 0.717) is 24.6 Å². The molecule has 0 unspecified atom stereocenters. The number of nitrogens with one attached hydrogen (secondary N) is 1. The average Bonchev–Trinajstić information content (AvgIpc) is 2.96. The summed E-state index contributed by atoms with van der Waals surface area (Å²) in [4.78, 5) is 18.3. The molecule has 1 atom stereocenters. The predicted molar refractivity (Wildman–Crippen MR) is 79.6 cm³/mol. The van der Waals surface area contributed by atoms with Crippen molar-refractivity contribution in [3.8, 4) is 5.88 Å². The first-order chi connectivity index (χ1) is 10.1. The molecule has 0 bridgehead atoms. The lowest BCUT2D eigenvalue weighted by Crippen LogP contribution is -2.27. The minimum absolute atomic E-state index is 0.0379. The van der Waals surface area contributed by atoms with E-state index in [9.17, 15) is 4.79 Å². The molecule has 0 aliphatic carbocycles. The summed E-state index contributed by atoms with van der Waals surface area (Å²) in [6.07, 6.45) is 3.42. The van der Waals surface area contributed by atoms with Gasteiger partial charge in [-0.1, -0.05) is 0 Å². The highest BCUT2D eigenvalue weighted by Crippen LogP contribution is 2.15. The Morgan fingerprint density at radius 2 is 2.43 bits per heavy atom. The summed E-state index contributed by atoms with van der Waals surface area (Å²) < 4.78 is 11.0. The Bertz CT molecular complexity index is 459. The van der Waals surface area contributed by atoms with E-state index >= 15 is 0 Å². The van der Waals surface area contributed by atoms with Crippen LogP contribution in [0.1, 0.15) is 23.2 Å². The summed E-state index contributed by atoms with van der Waals surface area (Å²) >= 11 is 0. The third kappa shape index (κ3) is 5.32. The van der Waals surface area contributed by atoms with Crippen molar-refractivity contribution >= 4 is 5.91 Å². The molecule has 116 valence electrons. The Balaban J connectivity index is 1.82. The highest BCUT2D eigenvalue weighted by atomic mass is 16.5. The zero-order chi connectivity index (χ0) is 15.1. The molecule has 1 saturated heterocycles. The van der Waals surface area contributed by atoms with Gasteiger partial charge in [-0.05, 0) is 33.1 Å². The van der Waals surface area contributed by atoms with Crippen LogP contribution in [0.15, 0.2) is 18.3 Å². The van der Waals surface area contributed by atoms with Crippen LogP contribution in [0.5, 0.6) is 5.88 Å². The van der Waals surface area contributed by atoms with Gasteiger partial charge in [0.25, 0.3) is 5.91 Å². The second-order valence-corrected chi connectivity index (χ2v) is 5.40. The maximum Gasteiger partial charge on any atom is 0.251 e. The van der Waals surface area contributed by atoms with Crippen LogP contribution in [-0.2, 0) is 4.74 Å². The standard InChI is InChI=1S/C15H23N3O3/c1-18(2)8-3-6-17-15(19)12-4-7-16-14(10-12)21-13-5-9-20-11-13/h4,7,10,13H,3,5-6,8-9,11H2,1-2H3,(H,17,19)/t13-/m1/s1. The first-order valence-corrected chi connectivity index (χ1v) is 7.28. The highest BCUT2D eigenvalue weighted by molar-refractivity contribution is 5.94. The summed E-state index contributed by atoms with van der Waals surface area (Å²) in [5.74, 6) is 0.384. The van der Waals surface area contributed by atoms with Gasteiger partial charge in [-0.25, -0.2) is 4.98 Å². The fourth-order valence-electron chi connectivity index (χ4n) is 2.09. The molecule has 2 rings (SSSR count). The van der Waals surface area contributed by atoms with Crippen molar-refractivity contribution < 1.29 is 14.3 Å². The van der Waals surface area contributed by atoms with E-state index in [-0.39, 0.29) is 12.0 Å². The smallest absolute Gasteiger partial charge is 0.251 e.